The Morgan fingerprint density at radius 1 is 1.25 bits per heavy atom. The molecule has 1 atom stereocenters. The maximum atomic E-state index is 5.46. The van der Waals surface area contributed by atoms with Crippen LogP contribution in [0.5, 0.6) is 5.75 Å². The van der Waals surface area contributed by atoms with Crippen LogP contribution < -0.4 is 10.1 Å². The summed E-state index contributed by atoms with van der Waals surface area (Å²) < 4.78 is 5.46. The Morgan fingerprint density at radius 3 is 2.70 bits per heavy atom. The van der Waals surface area contributed by atoms with E-state index in [1.54, 1.807) is 7.11 Å². The van der Waals surface area contributed by atoms with E-state index in [2.05, 4.69) is 30.4 Å². The quantitative estimate of drug-likeness (QED) is 0.768. The maximum absolute atomic E-state index is 5.46. The first kappa shape index (κ1) is 15.4. The Labute approximate surface area is 123 Å². The minimum absolute atomic E-state index is 0.683. The van der Waals surface area contributed by atoms with Gasteiger partial charge in [0.1, 0.15) is 5.75 Å². The van der Waals surface area contributed by atoms with Crippen LogP contribution in [0.3, 0.4) is 0 Å². The van der Waals surface area contributed by atoms with Gasteiger partial charge in [0.25, 0.3) is 0 Å². The van der Waals surface area contributed by atoms with Gasteiger partial charge in [-0.25, -0.2) is 0 Å². The molecule has 0 saturated heterocycles. The molecule has 2 heteroatoms. The Balaban J connectivity index is 1.93. The summed E-state index contributed by atoms with van der Waals surface area (Å²) in [4.78, 5) is 0. The van der Waals surface area contributed by atoms with E-state index in [1.165, 1.54) is 44.1 Å². The molecule has 0 radical (unpaired) electrons. The van der Waals surface area contributed by atoms with E-state index >= 15 is 0 Å². The average Bonchev–Trinajstić information content (AvgIpc) is 3.02. The third-order valence-electron chi connectivity index (χ3n) is 4.54. The summed E-state index contributed by atoms with van der Waals surface area (Å²) in [5.74, 6) is 1.92. The second kappa shape index (κ2) is 8.31. The fraction of sp³-hybridized carbons (Fsp3) is 0.667. The van der Waals surface area contributed by atoms with Crippen LogP contribution >= 0.6 is 0 Å². The summed E-state index contributed by atoms with van der Waals surface area (Å²) >= 11 is 0. The van der Waals surface area contributed by atoms with Gasteiger partial charge in [0.15, 0.2) is 0 Å². The summed E-state index contributed by atoms with van der Waals surface area (Å²) in [6.07, 6.45) is 9.22. The molecule has 1 fully saturated rings. The van der Waals surface area contributed by atoms with Crippen molar-refractivity contribution in [2.45, 2.75) is 57.9 Å². The summed E-state index contributed by atoms with van der Waals surface area (Å²) in [6.45, 7) is 3.39. The molecule has 0 amide bonds. The number of methoxy groups -OCH3 is 1. The Kier molecular flexibility index (Phi) is 6.38. The van der Waals surface area contributed by atoms with Gasteiger partial charge in [-0.3, -0.25) is 0 Å². The van der Waals surface area contributed by atoms with Crippen LogP contribution in [0.1, 0.15) is 51.0 Å². The Hall–Kier alpha value is -1.02. The predicted octanol–water partition coefficient (Wildman–Crippen LogP) is 4.19. The molecule has 2 rings (SSSR count). The van der Waals surface area contributed by atoms with E-state index < -0.39 is 0 Å². The minimum Gasteiger partial charge on any atom is -0.496 e. The van der Waals surface area contributed by atoms with Gasteiger partial charge in [-0.05, 0) is 56.2 Å². The van der Waals surface area contributed by atoms with Crippen molar-refractivity contribution in [1.82, 2.24) is 5.32 Å². The largest absolute Gasteiger partial charge is 0.496 e. The molecule has 0 aliphatic heterocycles. The van der Waals surface area contributed by atoms with Crippen molar-refractivity contribution >= 4 is 0 Å². The van der Waals surface area contributed by atoms with Crippen molar-refractivity contribution < 1.29 is 4.74 Å². The SMILES string of the molecule is CCCNC(CCc1ccccc1OC)C1CCCC1. The van der Waals surface area contributed by atoms with E-state index in [0.717, 1.165) is 24.6 Å². The monoisotopic (exact) mass is 275 g/mol. The van der Waals surface area contributed by atoms with Gasteiger partial charge in [-0.2, -0.15) is 0 Å². The lowest BCUT2D eigenvalue weighted by Gasteiger charge is -2.25. The molecule has 0 bridgehead atoms. The molecule has 1 aliphatic rings. The molecule has 0 spiro atoms. The summed E-state index contributed by atoms with van der Waals surface area (Å²) in [7, 11) is 1.77. The van der Waals surface area contributed by atoms with Crippen LogP contribution in [0.15, 0.2) is 24.3 Å². The first-order valence-electron chi connectivity index (χ1n) is 8.20. The topological polar surface area (TPSA) is 21.3 Å². The number of hydrogen-bond acceptors (Lipinski definition) is 2. The first-order valence-corrected chi connectivity index (χ1v) is 8.20. The Morgan fingerprint density at radius 2 is 2.00 bits per heavy atom. The van der Waals surface area contributed by atoms with Gasteiger partial charge >= 0.3 is 0 Å². The molecular weight excluding hydrogens is 246 g/mol. The average molecular weight is 275 g/mol. The van der Waals surface area contributed by atoms with Crippen molar-refractivity contribution in [3.05, 3.63) is 29.8 Å². The van der Waals surface area contributed by atoms with Gasteiger partial charge in [-0.1, -0.05) is 38.0 Å². The molecule has 1 aliphatic carbocycles. The van der Waals surface area contributed by atoms with E-state index in [9.17, 15) is 0 Å². The molecule has 1 saturated carbocycles. The zero-order valence-electron chi connectivity index (χ0n) is 13.0. The number of rotatable bonds is 8. The zero-order valence-corrected chi connectivity index (χ0v) is 13.0. The molecular formula is C18H29NO. The summed E-state index contributed by atoms with van der Waals surface area (Å²) in [5.41, 5.74) is 1.34. The zero-order chi connectivity index (χ0) is 14.2. The van der Waals surface area contributed by atoms with E-state index in [4.69, 9.17) is 4.74 Å². The van der Waals surface area contributed by atoms with Crippen LogP contribution in [-0.2, 0) is 6.42 Å². The van der Waals surface area contributed by atoms with Crippen molar-refractivity contribution in [1.29, 1.82) is 0 Å². The van der Waals surface area contributed by atoms with Crippen molar-refractivity contribution in [3.63, 3.8) is 0 Å². The minimum atomic E-state index is 0.683. The van der Waals surface area contributed by atoms with Gasteiger partial charge in [0.05, 0.1) is 7.11 Å². The molecule has 1 N–H and O–H groups in total. The lowest BCUT2D eigenvalue weighted by atomic mass is 9.92. The van der Waals surface area contributed by atoms with Gasteiger partial charge in [0, 0.05) is 6.04 Å². The lowest BCUT2D eigenvalue weighted by molar-refractivity contribution is 0.338. The molecule has 0 heterocycles. The van der Waals surface area contributed by atoms with Crippen molar-refractivity contribution in [2.24, 2.45) is 5.92 Å². The standard InChI is InChI=1S/C18H29NO/c1-3-14-19-17(15-8-4-5-9-15)13-12-16-10-6-7-11-18(16)20-2/h6-7,10-11,15,17,19H,3-5,8-9,12-14H2,1-2H3. The number of aryl methyl sites for hydroxylation is 1. The fourth-order valence-electron chi connectivity index (χ4n) is 3.41. The maximum Gasteiger partial charge on any atom is 0.122 e. The highest BCUT2D eigenvalue weighted by Gasteiger charge is 2.24. The first-order chi connectivity index (χ1) is 9.85. The molecule has 20 heavy (non-hydrogen) atoms. The van der Waals surface area contributed by atoms with Gasteiger partial charge in [0.2, 0.25) is 0 Å². The number of benzene rings is 1. The summed E-state index contributed by atoms with van der Waals surface area (Å²) in [6, 6.07) is 9.11. The van der Waals surface area contributed by atoms with E-state index in [1.807, 2.05) is 6.07 Å². The Bertz CT molecular complexity index is 385. The summed E-state index contributed by atoms with van der Waals surface area (Å²) in [5, 5.41) is 3.78. The molecule has 1 unspecified atom stereocenters. The molecule has 1 aromatic carbocycles. The number of hydrogen-bond donors (Lipinski definition) is 1. The smallest absolute Gasteiger partial charge is 0.122 e. The molecule has 2 nitrogen and oxygen atoms in total. The molecule has 112 valence electrons. The molecule has 1 aromatic rings. The van der Waals surface area contributed by atoms with Crippen LogP contribution in [0, 0.1) is 5.92 Å². The third-order valence-corrected chi connectivity index (χ3v) is 4.54. The van der Waals surface area contributed by atoms with Crippen LogP contribution in [0.25, 0.3) is 0 Å². The number of nitrogens with one attached hydrogen (secondary N) is 1. The van der Waals surface area contributed by atoms with Crippen molar-refractivity contribution in [3.8, 4) is 5.75 Å². The number of para-hydroxylation sites is 1. The lowest BCUT2D eigenvalue weighted by Crippen LogP contribution is -2.36. The second-order valence-corrected chi connectivity index (χ2v) is 5.96. The second-order valence-electron chi connectivity index (χ2n) is 5.96. The van der Waals surface area contributed by atoms with Gasteiger partial charge < -0.3 is 10.1 Å². The fourth-order valence-corrected chi connectivity index (χ4v) is 3.41. The normalized spacial score (nSPS) is 17.3. The van der Waals surface area contributed by atoms with Gasteiger partial charge in [-0.15, -0.1) is 0 Å². The van der Waals surface area contributed by atoms with Crippen LogP contribution in [0.4, 0.5) is 0 Å². The predicted molar refractivity (Wildman–Crippen MR) is 85.4 cm³/mol. The highest BCUT2D eigenvalue weighted by Crippen LogP contribution is 2.30. The van der Waals surface area contributed by atoms with E-state index in [-0.39, 0.29) is 0 Å². The van der Waals surface area contributed by atoms with Crippen molar-refractivity contribution in [2.75, 3.05) is 13.7 Å². The van der Waals surface area contributed by atoms with Crippen LogP contribution in [-0.4, -0.2) is 19.7 Å². The highest BCUT2D eigenvalue weighted by molar-refractivity contribution is 5.33. The number of ether oxygens (including phenoxy) is 1. The highest BCUT2D eigenvalue weighted by atomic mass is 16.5. The van der Waals surface area contributed by atoms with E-state index in [0.29, 0.717) is 6.04 Å². The van der Waals surface area contributed by atoms with Crippen LogP contribution in [0.2, 0.25) is 0 Å². The third kappa shape index (κ3) is 4.24. The molecule has 0 aromatic heterocycles.